The second-order valence-electron chi connectivity index (χ2n) is 5.09. The molecule has 0 saturated carbocycles. The van der Waals surface area contributed by atoms with Gasteiger partial charge in [0.2, 0.25) is 5.95 Å². The van der Waals surface area contributed by atoms with E-state index in [4.69, 9.17) is 0 Å². The van der Waals surface area contributed by atoms with E-state index in [9.17, 15) is 9.90 Å². The van der Waals surface area contributed by atoms with Crippen molar-refractivity contribution in [3.63, 3.8) is 0 Å². The van der Waals surface area contributed by atoms with Crippen molar-refractivity contribution in [1.82, 2.24) is 9.55 Å². The molecule has 0 saturated heterocycles. The molecule has 0 radical (unpaired) electrons. The van der Waals surface area contributed by atoms with Crippen LogP contribution in [0.2, 0.25) is 0 Å². The van der Waals surface area contributed by atoms with Crippen molar-refractivity contribution in [1.29, 1.82) is 0 Å². The average Bonchev–Trinajstić information content (AvgIpc) is 2.60. The summed E-state index contributed by atoms with van der Waals surface area (Å²) in [6, 6.07) is 13.9. The van der Waals surface area contributed by atoms with E-state index in [1.807, 2.05) is 6.07 Å². The van der Waals surface area contributed by atoms with Gasteiger partial charge in [0.15, 0.2) is 0 Å². The molecule has 3 aromatic rings. The molecule has 0 aliphatic carbocycles. The maximum Gasteiger partial charge on any atom is 0.263 e. The lowest BCUT2D eigenvalue weighted by molar-refractivity contribution is 0.474. The Morgan fingerprint density at radius 2 is 1.96 bits per heavy atom. The number of aromatic hydroxyl groups is 1. The molecule has 120 valence electrons. The first-order valence-electron chi connectivity index (χ1n) is 7.38. The van der Waals surface area contributed by atoms with Crippen LogP contribution in [0.25, 0.3) is 10.9 Å². The van der Waals surface area contributed by atoms with Crippen LogP contribution in [-0.4, -0.2) is 20.9 Å². The molecule has 0 amide bonds. The van der Waals surface area contributed by atoms with Gasteiger partial charge in [0.05, 0.1) is 17.1 Å². The molecule has 0 bridgehead atoms. The minimum Gasteiger partial charge on any atom is -0.507 e. The molecule has 0 unspecified atom stereocenters. The Hall–Kier alpha value is -3.41. The predicted molar refractivity (Wildman–Crippen MR) is 95.5 cm³/mol. The monoisotopic (exact) mass is 320 g/mol. The van der Waals surface area contributed by atoms with E-state index >= 15 is 0 Å². The van der Waals surface area contributed by atoms with Crippen LogP contribution in [-0.2, 0) is 6.54 Å². The number of phenols is 1. The van der Waals surface area contributed by atoms with Crippen LogP contribution in [0.3, 0.4) is 0 Å². The van der Waals surface area contributed by atoms with Crippen LogP contribution < -0.4 is 11.0 Å². The Morgan fingerprint density at radius 3 is 2.75 bits per heavy atom. The van der Waals surface area contributed by atoms with Gasteiger partial charge in [-0.15, -0.1) is 6.58 Å². The molecule has 1 aromatic heterocycles. The summed E-state index contributed by atoms with van der Waals surface area (Å²) in [5.41, 5.74) is 3.75. The zero-order valence-corrected chi connectivity index (χ0v) is 12.9. The van der Waals surface area contributed by atoms with Crippen LogP contribution in [0.15, 0.2) is 71.1 Å². The van der Waals surface area contributed by atoms with Crippen molar-refractivity contribution in [2.75, 3.05) is 5.43 Å². The van der Waals surface area contributed by atoms with Gasteiger partial charge >= 0.3 is 0 Å². The molecule has 0 aliphatic rings. The third-order valence-electron chi connectivity index (χ3n) is 3.48. The number of anilines is 1. The minimum atomic E-state index is -0.166. The van der Waals surface area contributed by atoms with Gasteiger partial charge < -0.3 is 5.11 Å². The first-order chi connectivity index (χ1) is 11.7. The topological polar surface area (TPSA) is 79.5 Å². The van der Waals surface area contributed by atoms with E-state index in [2.05, 4.69) is 22.1 Å². The number of fused-ring (bicyclic) bond motifs is 1. The first kappa shape index (κ1) is 15.5. The van der Waals surface area contributed by atoms with Crippen LogP contribution in [0.1, 0.15) is 5.56 Å². The van der Waals surface area contributed by atoms with Crippen LogP contribution in [0, 0.1) is 0 Å². The number of rotatable bonds is 5. The van der Waals surface area contributed by atoms with Crippen molar-refractivity contribution < 1.29 is 5.11 Å². The Labute approximate surface area is 138 Å². The number of nitrogens with zero attached hydrogens (tertiary/aromatic N) is 3. The molecule has 0 fully saturated rings. The highest BCUT2D eigenvalue weighted by molar-refractivity contribution is 5.84. The number of aromatic nitrogens is 2. The highest BCUT2D eigenvalue weighted by Crippen LogP contribution is 2.14. The molecular formula is C18H16N4O2. The maximum absolute atomic E-state index is 12.6. The van der Waals surface area contributed by atoms with Crippen molar-refractivity contribution in [3.8, 4) is 5.75 Å². The van der Waals surface area contributed by atoms with E-state index in [-0.39, 0.29) is 11.3 Å². The molecule has 2 N–H and O–H groups in total. The van der Waals surface area contributed by atoms with Gasteiger partial charge in [-0.3, -0.25) is 9.36 Å². The lowest BCUT2D eigenvalue weighted by atomic mass is 10.2. The van der Waals surface area contributed by atoms with Crippen molar-refractivity contribution >= 4 is 23.1 Å². The van der Waals surface area contributed by atoms with E-state index in [1.165, 1.54) is 10.8 Å². The predicted octanol–water partition coefficient (Wildman–Crippen LogP) is 2.73. The smallest absolute Gasteiger partial charge is 0.263 e. The van der Waals surface area contributed by atoms with Crippen LogP contribution >= 0.6 is 0 Å². The zero-order valence-electron chi connectivity index (χ0n) is 12.9. The van der Waals surface area contributed by atoms with Crippen molar-refractivity contribution in [2.45, 2.75) is 6.54 Å². The van der Waals surface area contributed by atoms with Crippen molar-refractivity contribution in [3.05, 3.63) is 77.1 Å². The fourth-order valence-electron chi connectivity index (χ4n) is 2.31. The number of benzene rings is 2. The maximum atomic E-state index is 12.6. The Morgan fingerprint density at radius 1 is 1.21 bits per heavy atom. The second kappa shape index (κ2) is 6.78. The Bertz CT molecular complexity index is 976. The molecule has 6 nitrogen and oxygen atoms in total. The standard InChI is InChI=1S/C18H16N4O2/c1-2-11-22-17(24)14-8-4-5-9-15(14)20-18(22)21-19-12-13-7-3-6-10-16(13)23/h2-10,12,23H,1,11H2,(H,20,21)/b19-12+. The normalized spacial score (nSPS) is 11.0. The first-order valence-corrected chi connectivity index (χ1v) is 7.38. The van der Waals surface area contributed by atoms with E-state index in [0.717, 1.165) is 0 Å². The molecular weight excluding hydrogens is 304 g/mol. The average molecular weight is 320 g/mol. The lowest BCUT2D eigenvalue weighted by Crippen LogP contribution is -2.23. The third-order valence-corrected chi connectivity index (χ3v) is 3.48. The van der Waals surface area contributed by atoms with Gasteiger partial charge in [0.1, 0.15) is 5.75 Å². The van der Waals surface area contributed by atoms with Gasteiger partial charge in [0, 0.05) is 12.1 Å². The summed E-state index contributed by atoms with van der Waals surface area (Å²) in [5, 5.41) is 14.3. The Kier molecular flexibility index (Phi) is 4.38. The summed E-state index contributed by atoms with van der Waals surface area (Å²) in [7, 11) is 0. The number of phenolic OH excluding ortho intramolecular Hbond substituents is 1. The van der Waals surface area contributed by atoms with Crippen LogP contribution in [0.5, 0.6) is 5.75 Å². The lowest BCUT2D eigenvalue weighted by Gasteiger charge is -2.10. The summed E-state index contributed by atoms with van der Waals surface area (Å²) < 4.78 is 1.46. The number of hydrogen-bond donors (Lipinski definition) is 2. The number of nitrogens with one attached hydrogen (secondary N) is 1. The Balaban J connectivity index is 1.99. The van der Waals surface area contributed by atoms with Gasteiger partial charge in [-0.05, 0) is 24.3 Å². The second-order valence-corrected chi connectivity index (χ2v) is 5.09. The molecule has 0 spiro atoms. The fourth-order valence-corrected chi connectivity index (χ4v) is 2.31. The fraction of sp³-hybridized carbons (Fsp3) is 0.0556. The molecule has 0 aliphatic heterocycles. The molecule has 6 heteroatoms. The highest BCUT2D eigenvalue weighted by Gasteiger charge is 2.09. The van der Waals surface area contributed by atoms with Crippen LogP contribution in [0.4, 0.5) is 5.95 Å². The zero-order chi connectivity index (χ0) is 16.9. The van der Waals surface area contributed by atoms with E-state index in [1.54, 1.807) is 48.5 Å². The van der Waals surface area contributed by atoms with Gasteiger partial charge in [-0.25, -0.2) is 10.4 Å². The number of hydrazone groups is 1. The molecule has 24 heavy (non-hydrogen) atoms. The number of para-hydroxylation sites is 2. The summed E-state index contributed by atoms with van der Waals surface area (Å²) >= 11 is 0. The summed E-state index contributed by atoms with van der Waals surface area (Å²) in [6.45, 7) is 3.98. The summed E-state index contributed by atoms with van der Waals surface area (Å²) in [6.07, 6.45) is 3.09. The largest absolute Gasteiger partial charge is 0.507 e. The quantitative estimate of drug-likeness (QED) is 0.430. The minimum absolute atomic E-state index is 0.123. The molecule has 2 aromatic carbocycles. The van der Waals surface area contributed by atoms with E-state index in [0.29, 0.717) is 29.0 Å². The van der Waals surface area contributed by atoms with Gasteiger partial charge in [0.25, 0.3) is 5.56 Å². The third kappa shape index (κ3) is 3.03. The van der Waals surface area contributed by atoms with Gasteiger partial charge in [-0.2, -0.15) is 5.10 Å². The van der Waals surface area contributed by atoms with Crippen molar-refractivity contribution in [2.24, 2.45) is 5.10 Å². The molecule has 0 atom stereocenters. The summed E-state index contributed by atoms with van der Waals surface area (Å²) in [5.74, 6) is 0.434. The SMILES string of the molecule is C=CCn1c(N/N=C/c2ccccc2O)nc2ccccc2c1=O. The number of allylic oxidation sites excluding steroid dienone is 1. The summed E-state index contributed by atoms with van der Waals surface area (Å²) in [4.78, 5) is 17.0. The molecule has 1 heterocycles. The highest BCUT2D eigenvalue weighted by atomic mass is 16.3. The van der Waals surface area contributed by atoms with E-state index < -0.39 is 0 Å². The number of hydrogen-bond acceptors (Lipinski definition) is 5. The van der Waals surface area contributed by atoms with Gasteiger partial charge in [-0.1, -0.05) is 30.3 Å². The molecule has 3 rings (SSSR count).